The fraction of sp³-hybridized carbons (Fsp3) is 0.917. The Bertz CT molecular complexity index is 214. The van der Waals surface area contributed by atoms with Crippen LogP contribution in [0.2, 0.25) is 0 Å². The van der Waals surface area contributed by atoms with Gasteiger partial charge in [-0.05, 0) is 47.1 Å². The number of hydrogen-bond donors (Lipinski definition) is 1. The SMILES string of the molecule is CC(OC(=O)C(C)(C)C)C1CCCNC1. The van der Waals surface area contributed by atoms with Gasteiger partial charge in [-0.15, -0.1) is 0 Å². The monoisotopic (exact) mass is 213 g/mol. The number of esters is 1. The Kier molecular flexibility index (Phi) is 4.14. The van der Waals surface area contributed by atoms with E-state index in [1.165, 1.54) is 6.42 Å². The first-order valence-electron chi connectivity index (χ1n) is 5.83. The van der Waals surface area contributed by atoms with Crippen LogP contribution in [-0.2, 0) is 9.53 Å². The fourth-order valence-electron chi connectivity index (χ4n) is 1.72. The zero-order chi connectivity index (χ0) is 11.5. The van der Waals surface area contributed by atoms with Crippen LogP contribution in [0.4, 0.5) is 0 Å². The summed E-state index contributed by atoms with van der Waals surface area (Å²) in [5, 5.41) is 3.34. The quantitative estimate of drug-likeness (QED) is 0.713. The molecule has 2 atom stereocenters. The van der Waals surface area contributed by atoms with Crippen LogP contribution in [0.3, 0.4) is 0 Å². The van der Waals surface area contributed by atoms with Crippen LogP contribution in [0.5, 0.6) is 0 Å². The van der Waals surface area contributed by atoms with Crippen molar-refractivity contribution in [3.05, 3.63) is 0 Å². The van der Waals surface area contributed by atoms with Crippen molar-refractivity contribution in [1.82, 2.24) is 5.32 Å². The molecule has 1 rings (SSSR count). The van der Waals surface area contributed by atoms with Gasteiger partial charge in [0.25, 0.3) is 0 Å². The smallest absolute Gasteiger partial charge is 0.311 e. The van der Waals surface area contributed by atoms with E-state index in [0.717, 1.165) is 19.5 Å². The van der Waals surface area contributed by atoms with E-state index >= 15 is 0 Å². The molecule has 0 aliphatic carbocycles. The summed E-state index contributed by atoms with van der Waals surface area (Å²) in [6.45, 7) is 9.74. The van der Waals surface area contributed by atoms with Gasteiger partial charge in [0.2, 0.25) is 0 Å². The third-order valence-corrected chi connectivity index (χ3v) is 2.90. The second-order valence-electron chi connectivity index (χ2n) is 5.47. The minimum absolute atomic E-state index is 0.0320. The highest BCUT2D eigenvalue weighted by Gasteiger charge is 2.28. The largest absolute Gasteiger partial charge is 0.462 e. The number of ether oxygens (including phenoxy) is 1. The Morgan fingerprint density at radius 2 is 2.13 bits per heavy atom. The molecule has 1 fully saturated rings. The average molecular weight is 213 g/mol. The van der Waals surface area contributed by atoms with E-state index in [9.17, 15) is 4.79 Å². The number of rotatable bonds is 2. The van der Waals surface area contributed by atoms with Gasteiger partial charge >= 0.3 is 5.97 Å². The first-order valence-corrected chi connectivity index (χ1v) is 5.83. The highest BCUT2D eigenvalue weighted by Crippen LogP contribution is 2.21. The Morgan fingerprint density at radius 3 is 2.60 bits per heavy atom. The summed E-state index contributed by atoms with van der Waals surface area (Å²) >= 11 is 0. The standard InChI is InChI=1S/C12H23NO2/c1-9(10-6-5-7-13-8-10)15-11(14)12(2,3)4/h9-10,13H,5-8H2,1-4H3. The minimum atomic E-state index is -0.393. The molecular weight excluding hydrogens is 190 g/mol. The predicted molar refractivity (Wildman–Crippen MR) is 60.6 cm³/mol. The van der Waals surface area contributed by atoms with E-state index in [1.54, 1.807) is 0 Å². The van der Waals surface area contributed by atoms with Gasteiger partial charge in [-0.3, -0.25) is 4.79 Å². The summed E-state index contributed by atoms with van der Waals surface area (Å²) in [5.74, 6) is 0.380. The number of piperidine rings is 1. The zero-order valence-electron chi connectivity index (χ0n) is 10.3. The molecule has 0 aromatic rings. The predicted octanol–water partition coefficient (Wildman–Crippen LogP) is 1.96. The van der Waals surface area contributed by atoms with Crippen molar-refractivity contribution < 1.29 is 9.53 Å². The van der Waals surface area contributed by atoms with Gasteiger partial charge in [0.15, 0.2) is 0 Å². The lowest BCUT2D eigenvalue weighted by atomic mass is 9.93. The molecule has 2 unspecified atom stereocenters. The van der Waals surface area contributed by atoms with E-state index in [4.69, 9.17) is 4.74 Å². The normalized spacial score (nSPS) is 24.7. The number of carbonyl (C=O) groups is 1. The fourth-order valence-corrected chi connectivity index (χ4v) is 1.72. The van der Waals surface area contributed by atoms with Crippen LogP contribution in [-0.4, -0.2) is 25.2 Å². The maximum absolute atomic E-state index is 11.7. The first kappa shape index (κ1) is 12.5. The molecule has 0 radical (unpaired) electrons. The van der Waals surface area contributed by atoms with Crippen LogP contribution >= 0.6 is 0 Å². The van der Waals surface area contributed by atoms with Gasteiger partial charge < -0.3 is 10.1 Å². The van der Waals surface area contributed by atoms with E-state index < -0.39 is 5.41 Å². The first-order chi connectivity index (χ1) is 6.91. The third kappa shape index (κ3) is 3.82. The molecule has 0 amide bonds. The molecule has 0 aromatic heterocycles. The van der Waals surface area contributed by atoms with Crippen LogP contribution in [0, 0.1) is 11.3 Å². The van der Waals surface area contributed by atoms with Crippen LogP contribution < -0.4 is 5.32 Å². The number of hydrogen-bond acceptors (Lipinski definition) is 3. The summed E-state index contributed by atoms with van der Waals surface area (Å²) in [7, 11) is 0. The molecule has 0 bridgehead atoms. The van der Waals surface area contributed by atoms with Crippen LogP contribution in [0.25, 0.3) is 0 Å². The molecule has 1 N–H and O–H groups in total. The number of carbonyl (C=O) groups excluding carboxylic acids is 1. The Morgan fingerprint density at radius 1 is 1.47 bits per heavy atom. The summed E-state index contributed by atoms with van der Waals surface area (Å²) in [5.41, 5.74) is -0.393. The van der Waals surface area contributed by atoms with Crippen LogP contribution in [0.15, 0.2) is 0 Å². The lowest BCUT2D eigenvalue weighted by Gasteiger charge is -2.30. The van der Waals surface area contributed by atoms with Gasteiger partial charge in [0.05, 0.1) is 5.41 Å². The van der Waals surface area contributed by atoms with Crippen molar-refractivity contribution in [1.29, 1.82) is 0 Å². The summed E-state index contributed by atoms with van der Waals surface area (Å²) < 4.78 is 5.48. The molecule has 3 heteroatoms. The highest BCUT2D eigenvalue weighted by molar-refractivity contribution is 5.75. The van der Waals surface area contributed by atoms with Crippen molar-refractivity contribution in [2.24, 2.45) is 11.3 Å². The molecule has 3 nitrogen and oxygen atoms in total. The third-order valence-electron chi connectivity index (χ3n) is 2.90. The molecule has 88 valence electrons. The minimum Gasteiger partial charge on any atom is -0.462 e. The second-order valence-corrected chi connectivity index (χ2v) is 5.47. The van der Waals surface area contributed by atoms with Gasteiger partial charge in [0.1, 0.15) is 6.10 Å². The van der Waals surface area contributed by atoms with E-state index in [2.05, 4.69) is 5.32 Å². The van der Waals surface area contributed by atoms with Crippen molar-refractivity contribution in [3.8, 4) is 0 Å². The Hall–Kier alpha value is -0.570. The van der Waals surface area contributed by atoms with E-state index in [0.29, 0.717) is 5.92 Å². The summed E-state index contributed by atoms with van der Waals surface area (Å²) in [6.07, 6.45) is 2.37. The molecule has 15 heavy (non-hydrogen) atoms. The molecule has 1 aliphatic rings. The molecule has 0 spiro atoms. The molecular formula is C12H23NO2. The average Bonchev–Trinajstić information content (AvgIpc) is 2.17. The van der Waals surface area contributed by atoms with E-state index in [-0.39, 0.29) is 12.1 Å². The molecule has 0 aromatic carbocycles. The van der Waals surface area contributed by atoms with Gasteiger partial charge in [-0.2, -0.15) is 0 Å². The lowest BCUT2D eigenvalue weighted by molar-refractivity contribution is -0.160. The van der Waals surface area contributed by atoms with Crippen molar-refractivity contribution in [3.63, 3.8) is 0 Å². The molecule has 1 aliphatic heterocycles. The molecule has 1 heterocycles. The van der Waals surface area contributed by atoms with Gasteiger partial charge in [-0.25, -0.2) is 0 Å². The maximum atomic E-state index is 11.7. The van der Waals surface area contributed by atoms with Crippen molar-refractivity contribution in [2.75, 3.05) is 13.1 Å². The topological polar surface area (TPSA) is 38.3 Å². The number of nitrogens with one attached hydrogen (secondary N) is 1. The Balaban J connectivity index is 2.40. The molecule has 1 saturated heterocycles. The van der Waals surface area contributed by atoms with Crippen molar-refractivity contribution in [2.45, 2.75) is 46.6 Å². The highest BCUT2D eigenvalue weighted by atomic mass is 16.5. The second kappa shape index (κ2) is 4.97. The van der Waals surface area contributed by atoms with E-state index in [1.807, 2.05) is 27.7 Å². The maximum Gasteiger partial charge on any atom is 0.311 e. The zero-order valence-corrected chi connectivity index (χ0v) is 10.3. The van der Waals surface area contributed by atoms with Crippen LogP contribution in [0.1, 0.15) is 40.5 Å². The summed E-state index contributed by atoms with van der Waals surface area (Å²) in [4.78, 5) is 11.7. The van der Waals surface area contributed by atoms with Crippen molar-refractivity contribution >= 4 is 5.97 Å². The summed E-state index contributed by atoms with van der Waals surface area (Å²) in [6, 6.07) is 0. The lowest BCUT2D eigenvalue weighted by Crippen LogP contribution is -2.39. The van der Waals surface area contributed by atoms with Gasteiger partial charge in [-0.1, -0.05) is 0 Å². The Labute approximate surface area is 92.6 Å². The van der Waals surface area contributed by atoms with Gasteiger partial charge in [0, 0.05) is 12.5 Å². The molecule has 0 saturated carbocycles.